The van der Waals surface area contributed by atoms with Gasteiger partial charge in [0, 0.05) is 6.54 Å². The Hall–Kier alpha value is -3.97. The van der Waals surface area contributed by atoms with E-state index in [0.717, 1.165) is 16.3 Å². The number of methoxy groups -OCH3 is 1. The first-order chi connectivity index (χ1) is 16.0. The highest BCUT2D eigenvalue weighted by Crippen LogP contribution is 2.31. The fourth-order valence-electron chi connectivity index (χ4n) is 3.62. The number of thiocarbonyl (C=S) groups is 1. The summed E-state index contributed by atoms with van der Waals surface area (Å²) in [6, 6.07) is 19.5. The van der Waals surface area contributed by atoms with Crippen LogP contribution in [-0.2, 0) is 16.2 Å². The Kier molecular flexibility index (Phi) is 6.51. The monoisotopic (exact) mass is 458 g/mol. The van der Waals surface area contributed by atoms with E-state index in [1.165, 1.54) is 11.0 Å². The summed E-state index contributed by atoms with van der Waals surface area (Å²) in [6.45, 7) is 4.20. The molecule has 0 saturated carbocycles. The molecule has 0 atom stereocenters. The van der Waals surface area contributed by atoms with E-state index in [1.54, 1.807) is 31.4 Å². The van der Waals surface area contributed by atoms with Gasteiger partial charge in [-0.25, -0.2) is 0 Å². The van der Waals surface area contributed by atoms with Gasteiger partial charge in [-0.05, 0) is 52.3 Å². The van der Waals surface area contributed by atoms with Gasteiger partial charge in [-0.3, -0.25) is 19.8 Å². The topological polar surface area (TPSA) is 67.9 Å². The highest BCUT2D eigenvalue weighted by molar-refractivity contribution is 7.80. The van der Waals surface area contributed by atoms with Crippen molar-refractivity contribution in [2.45, 2.75) is 6.61 Å². The predicted octanol–water partition coefficient (Wildman–Crippen LogP) is 4.24. The molecule has 166 valence electrons. The number of hydrogen-bond donors (Lipinski definition) is 1. The molecule has 1 aliphatic heterocycles. The van der Waals surface area contributed by atoms with Crippen molar-refractivity contribution in [3.05, 3.63) is 90.0 Å². The van der Waals surface area contributed by atoms with E-state index < -0.39 is 11.8 Å². The number of nitrogens with one attached hydrogen (secondary N) is 1. The van der Waals surface area contributed by atoms with Gasteiger partial charge in [-0.15, -0.1) is 6.58 Å². The molecule has 0 aromatic heterocycles. The van der Waals surface area contributed by atoms with Crippen molar-refractivity contribution in [2.24, 2.45) is 0 Å². The minimum atomic E-state index is -0.541. The highest BCUT2D eigenvalue weighted by atomic mass is 32.1. The zero-order chi connectivity index (χ0) is 23.4. The zero-order valence-corrected chi connectivity index (χ0v) is 18.9. The molecule has 0 spiro atoms. The minimum absolute atomic E-state index is 0.0167. The quantitative estimate of drug-likeness (QED) is 0.248. The van der Waals surface area contributed by atoms with Crippen LogP contribution in [0, 0.1) is 0 Å². The molecule has 0 aliphatic carbocycles. The Labute approximate surface area is 197 Å². The Morgan fingerprint density at radius 3 is 2.64 bits per heavy atom. The lowest BCUT2D eigenvalue weighted by Gasteiger charge is -2.27. The highest BCUT2D eigenvalue weighted by Gasteiger charge is 2.32. The van der Waals surface area contributed by atoms with Gasteiger partial charge in [-0.2, -0.15) is 0 Å². The maximum Gasteiger partial charge on any atom is 0.265 e. The number of rotatable bonds is 7. The molecule has 6 nitrogen and oxygen atoms in total. The summed E-state index contributed by atoms with van der Waals surface area (Å²) >= 11 is 5.08. The second kappa shape index (κ2) is 9.67. The number of fused-ring (bicyclic) bond motifs is 1. The van der Waals surface area contributed by atoms with Crippen LogP contribution >= 0.6 is 12.2 Å². The molecule has 3 aromatic carbocycles. The maximum atomic E-state index is 12.7. The lowest BCUT2D eigenvalue weighted by atomic mass is 10.1. The van der Waals surface area contributed by atoms with Crippen LogP contribution in [0.3, 0.4) is 0 Å². The molecule has 0 radical (unpaired) electrons. The summed E-state index contributed by atoms with van der Waals surface area (Å²) < 4.78 is 11.5. The number of hydrogen-bond acceptors (Lipinski definition) is 5. The van der Waals surface area contributed by atoms with Crippen molar-refractivity contribution >= 4 is 46.0 Å². The van der Waals surface area contributed by atoms with Gasteiger partial charge in [0.1, 0.15) is 12.2 Å². The molecule has 4 rings (SSSR count). The second-order valence-corrected chi connectivity index (χ2v) is 7.75. The third-order valence-corrected chi connectivity index (χ3v) is 5.58. The van der Waals surface area contributed by atoms with E-state index in [1.807, 2.05) is 24.3 Å². The molecular formula is C26H22N2O4S. The van der Waals surface area contributed by atoms with E-state index in [-0.39, 0.29) is 17.2 Å². The predicted molar refractivity (Wildman–Crippen MR) is 132 cm³/mol. The molecule has 1 N–H and O–H groups in total. The smallest absolute Gasteiger partial charge is 0.265 e. The average Bonchev–Trinajstić information content (AvgIpc) is 2.83. The van der Waals surface area contributed by atoms with Gasteiger partial charge in [0.25, 0.3) is 11.8 Å². The average molecular weight is 459 g/mol. The molecular weight excluding hydrogens is 436 g/mol. The summed E-state index contributed by atoms with van der Waals surface area (Å²) in [5, 5.41) is 4.88. The molecule has 2 amide bonds. The molecule has 1 heterocycles. The summed E-state index contributed by atoms with van der Waals surface area (Å²) in [5.74, 6) is 0.0349. The Morgan fingerprint density at radius 1 is 1.06 bits per heavy atom. The second-order valence-electron chi connectivity index (χ2n) is 7.36. The molecule has 1 fully saturated rings. The van der Waals surface area contributed by atoms with Crippen LogP contribution < -0.4 is 14.8 Å². The van der Waals surface area contributed by atoms with E-state index in [9.17, 15) is 9.59 Å². The SMILES string of the molecule is C=CCN1C(=O)/C(=C/c2ccc(OCc3cccc4ccccc34)c(OC)c2)C(=O)NC1=S. The Balaban J connectivity index is 1.58. The third kappa shape index (κ3) is 4.63. The zero-order valence-electron chi connectivity index (χ0n) is 18.0. The standard InChI is InChI=1S/C26H22N2O4S/c1-3-13-28-25(30)21(24(29)27-26(28)33)14-17-11-12-22(23(15-17)31-2)32-16-19-9-6-8-18-7-4-5-10-20(18)19/h3-12,14-15H,1,13,16H2,2H3,(H,27,29,33)/b21-14+. The number of carbonyl (C=O) groups excluding carboxylic acids is 2. The van der Waals surface area contributed by atoms with Crippen LogP contribution in [0.15, 0.2) is 78.9 Å². The number of amides is 2. The Morgan fingerprint density at radius 2 is 1.85 bits per heavy atom. The summed E-state index contributed by atoms with van der Waals surface area (Å²) in [7, 11) is 1.54. The summed E-state index contributed by atoms with van der Waals surface area (Å²) in [5.41, 5.74) is 1.66. The molecule has 0 unspecified atom stereocenters. The van der Waals surface area contributed by atoms with Crippen molar-refractivity contribution in [3.8, 4) is 11.5 Å². The lowest BCUT2D eigenvalue weighted by Crippen LogP contribution is -2.53. The largest absolute Gasteiger partial charge is 0.493 e. The van der Waals surface area contributed by atoms with Crippen LogP contribution in [0.2, 0.25) is 0 Å². The minimum Gasteiger partial charge on any atom is -0.493 e. The van der Waals surface area contributed by atoms with Gasteiger partial charge < -0.3 is 9.47 Å². The van der Waals surface area contributed by atoms with Crippen LogP contribution in [-0.4, -0.2) is 35.5 Å². The lowest BCUT2D eigenvalue weighted by molar-refractivity contribution is -0.128. The van der Waals surface area contributed by atoms with Crippen LogP contribution in [0.4, 0.5) is 0 Å². The van der Waals surface area contributed by atoms with E-state index >= 15 is 0 Å². The number of nitrogens with zero attached hydrogens (tertiary/aromatic N) is 1. The molecule has 1 saturated heterocycles. The third-order valence-electron chi connectivity index (χ3n) is 5.26. The van der Waals surface area contributed by atoms with Crippen molar-refractivity contribution in [3.63, 3.8) is 0 Å². The maximum absolute atomic E-state index is 12.7. The van der Waals surface area contributed by atoms with Crippen molar-refractivity contribution in [1.29, 1.82) is 0 Å². The van der Waals surface area contributed by atoms with E-state index in [4.69, 9.17) is 21.7 Å². The van der Waals surface area contributed by atoms with E-state index in [0.29, 0.717) is 23.7 Å². The van der Waals surface area contributed by atoms with E-state index in [2.05, 4.69) is 30.1 Å². The first kappa shape index (κ1) is 22.2. The Bertz CT molecular complexity index is 1290. The van der Waals surface area contributed by atoms with Crippen LogP contribution in [0.25, 0.3) is 16.8 Å². The molecule has 0 bridgehead atoms. The van der Waals surface area contributed by atoms with Crippen molar-refractivity contribution in [2.75, 3.05) is 13.7 Å². The van der Waals surface area contributed by atoms with Gasteiger partial charge in [0.15, 0.2) is 16.6 Å². The molecule has 3 aromatic rings. The first-order valence-corrected chi connectivity index (χ1v) is 10.7. The molecule has 33 heavy (non-hydrogen) atoms. The van der Waals surface area contributed by atoms with Crippen LogP contribution in [0.1, 0.15) is 11.1 Å². The molecule has 1 aliphatic rings. The van der Waals surface area contributed by atoms with Gasteiger partial charge in [-0.1, -0.05) is 54.6 Å². The number of ether oxygens (including phenoxy) is 2. The number of benzene rings is 3. The van der Waals surface area contributed by atoms with Crippen molar-refractivity contribution in [1.82, 2.24) is 10.2 Å². The normalized spacial score (nSPS) is 15.0. The fraction of sp³-hybridized carbons (Fsp3) is 0.115. The molecule has 7 heteroatoms. The van der Waals surface area contributed by atoms with Gasteiger partial charge in [0.2, 0.25) is 0 Å². The summed E-state index contributed by atoms with van der Waals surface area (Å²) in [4.78, 5) is 26.4. The van der Waals surface area contributed by atoms with Gasteiger partial charge in [0.05, 0.1) is 7.11 Å². The van der Waals surface area contributed by atoms with Crippen molar-refractivity contribution < 1.29 is 19.1 Å². The van der Waals surface area contributed by atoms with Crippen LogP contribution in [0.5, 0.6) is 11.5 Å². The number of carbonyl (C=O) groups is 2. The van der Waals surface area contributed by atoms with Gasteiger partial charge >= 0.3 is 0 Å². The first-order valence-electron chi connectivity index (χ1n) is 10.3. The fourth-order valence-corrected chi connectivity index (χ4v) is 3.87. The summed E-state index contributed by atoms with van der Waals surface area (Å²) in [6.07, 6.45) is 3.05.